The molecule has 0 saturated carbocycles. The highest BCUT2D eigenvalue weighted by atomic mass is 32.1. The zero-order chi connectivity index (χ0) is 9.52. The molecule has 1 heterocycles. The number of thiophene rings is 1. The van der Waals surface area contributed by atoms with Gasteiger partial charge in [0, 0.05) is 6.54 Å². The highest BCUT2D eigenvalue weighted by Crippen LogP contribution is 2.12. The largest absolute Gasteiger partial charge is 0.320 e. The molecule has 0 aliphatic carbocycles. The lowest BCUT2D eigenvalue weighted by molar-refractivity contribution is 0.625. The first-order valence-electron chi connectivity index (χ1n) is 4.71. The second-order valence-electron chi connectivity index (χ2n) is 3.21. The molecule has 1 aromatic heterocycles. The molecule has 0 aliphatic heterocycles. The molecule has 74 valence electrons. The Hall–Kier alpha value is -0.380. The maximum Gasteiger partial charge on any atom is 0.0216 e. The van der Waals surface area contributed by atoms with Gasteiger partial charge in [0.15, 0.2) is 0 Å². The van der Waals surface area contributed by atoms with Crippen molar-refractivity contribution in [3.05, 3.63) is 21.9 Å². The lowest BCUT2D eigenvalue weighted by Gasteiger charge is -2.03. The van der Waals surface area contributed by atoms with Crippen LogP contribution in [-0.2, 0) is 6.54 Å². The number of nitrogens with one attached hydrogen (secondary N) is 2. The van der Waals surface area contributed by atoms with E-state index in [1.807, 2.05) is 7.05 Å². The van der Waals surface area contributed by atoms with Crippen molar-refractivity contribution in [3.8, 4) is 0 Å². The summed E-state index contributed by atoms with van der Waals surface area (Å²) < 4.78 is 0. The van der Waals surface area contributed by atoms with Gasteiger partial charge in [-0.15, -0.1) is 0 Å². The number of hydrogen-bond donors (Lipinski definition) is 2. The van der Waals surface area contributed by atoms with E-state index in [9.17, 15) is 0 Å². The van der Waals surface area contributed by atoms with Crippen molar-refractivity contribution in [1.29, 1.82) is 0 Å². The van der Waals surface area contributed by atoms with E-state index in [2.05, 4.69) is 28.3 Å². The molecule has 0 aromatic carbocycles. The van der Waals surface area contributed by atoms with Crippen LogP contribution in [0.2, 0.25) is 0 Å². The van der Waals surface area contributed by atoms with E-state index in [4.69, 9.17) is 0 Å². The molecule has 1 aromatic rings. The monoisotopic (exact) mass is 198 g/mol. The van der Waals surface area contributed by atoms with Gasteiger partial charge in [0.2, 0.25) is 0 Å². The number of aryl methyl sites for hydroxylation is 1. The topological polar surface area (TPSA) is 24.1 Å². The average Bonchev–Trinajstić information content (AvgIpc) is 2.52. The van der Waals surface area contributed by atoms with Crippen LogP contribution in [0.1, 0.15) is 17.5 Å². The van der Waals surface area contributed by atoms with Gasteiger partial charge in [-0.25, -0.2) is 0 Å². The molecule has 0 spiro atoms. The first-order valence-corrected chi connectivity index (χ1v) is 5.66. The Morgan fingerprint density at radius 3 is 2.77 bits per heavy atom. The second kappa shape index (κ2) is 6.13. The van der Waals surface area contributed by atoms with Crippen LogP contribution >= 0.6 is 11.3 Å². The Morgan fingerprint density at radius 2 is 2.15 bits per heavy atom. The average molecular weight is 198 g/mol. The van der Waals surface area contributed by atoms with Gasteiger partial charge in [0.1, 0.15) is 0 Å². The standard InChI is InChI=1S/C10H18N2S/c1-9-7-13-8-10(9)6-12-5-3-4-11-2/h7-8,11-12H,3-6H2,1-2H3. The zero-order valence-electron chi connectivity index (χ0n) is 8.39. The minimum absolute atomic E-state index is 1.01. The van der Waals surface area contributed by atoms with Crippen LogP contribution < -0.4 is 10.6 Å². The molecular weight excluding hydrogens is 180 g/mol. The number of hydrogen-bond acceptors (Lipinski definition) is 3. The van der Waals surface area contributed by atoms with E-state index in [1.165, 1.54) is 17.5 Å². The van der Waals surface area contributed by atoms with Gasteiger partial charge >= 0.3 is 0 Å². The molecule has 0 amide bonds. The summed E-state index contributed by atoms with van der Waals surface area (Å²) in [6.07, 6.45) is 1.19. The molecule has 0 fully saturated rings. The minimum Gasteiger partial charge on any atom is -0.320 e. The van der Waals surface area contributed by atoms with Crippen molar-refractivity contribution in [2.24, 2.45) is 0 Å². The quantitative estimate of drug-likeness (QED) is 0.681. The van der Waals surface area contributed by atoms with Gasteiger partial charge in [-0.1, -0.05) is 0 Å². The molecule has 13 heavy (non-hydrogen) atoms. The molecule has 0 atom stereocenters. The zero-order valence-corrected chi connectivity index (χ0v) is 9.21. The molecule has 2 N–H and O–H groups in total. The molecule has 0 aliphatic rings. The Bertz CT molecular complexity index is 233. The van der Waals surface area contributed by atoms with Gasteiger partial charge in [0.05, 0.1) is 0 Å². The van der Waals surface area contributed by atoms with Crippen LogP contribution in [0.4, 0.5) is 0 Å². The summed E-state index contributed by atoms with van der Waals surface area (Å²) in [5, 5.41) is 11.0. The maximum absolute atomic E-state index is 3.43. The normalized spacial score (nSPS) is 10.6. The number of rotatable bonds is 6. The van der Waals surface area contributed by atoms with Crippen LogP contribution in [0.15, 0.2) is 10.8 Å². The van der Waals surface area contributed by atoms with Crippen molar-refractivity contribution >= 4 is 11.3 Å². The highest BCUT2D eigenvalue weighted by molar-refractivity contribution is 7.08. The highest BCUT2D eigenvalue weighted by Gasteiger charge is 1.97. The van der Waals surface area contributed by atoms with Crippen LogP contribution in [0.25, 0.3) is 0 Å². The van der Waals surface area contributed by atoms with E-state index >= 15 is 0 Å². The van der Waals surface area contributed by atoms with E-state index in [1.54, 1.807) is 11.3 Å². The van der Waals surface area contributed by atoms with Crippen molar-refractivity contribution in [2.45, 2.75) is 19.9 Å². The van der Waals surface area contributed by atoms with E-state index in [0.29, 0.717) is 0 Å². The fraction of sp³-hybridized carbons (Fsp3) is 0.600. The lowest BCUT2D eigenvalue weighted by Crippen LogP contribution is -2.19. The van der Waals surface area contributed by atoms with Crippen molar-refractivity contribution in [2.75, 3.05) is 20.1 Å². The third-order valence-electron chi connectivity index (χ3n) is 2.06. The fourth-order valence-corrected chi connectivity index (χ4v) is 2.04. The van der Waals surface area contributed by atoms with E-state index in [0.717, 1.165) is 19.6 Å². The van der Waals surface area contributed by atoms with Gasteiger partial charge in [0.25, 0.3) is 0 Å². The predicted molar refractivity (Wildman–Crippen MR) is 59.3 cm³/mol. The third-order valence-corrected chi connectivity index (χ3v) is 2.97. The van der Waals surface area contributed by atoms with Crippen molar-refractivity contribution in [1.82, 2.24) is 10.6 Å². The molecule has 0 bridgehead atoms. The van der Waals surface area contributed by atoms with Gasteiger partial charge in [-0.3, -0.25) is 0 Å². The molecule has 0 saturated heterocycles. The first-order chi connectivity index (χ1) is 6.34. The Labute approximate surface area is 84.4 Å². The smallest absolute Gasteiger partial charge is 0.0216 e. The summed E-state index contributed by atoms with van der Waals surface area (Å²) >= 11 is 1.78. The molecule has 3 heteroatoms. The maximum atomic E-state index is 3.43. The van der Waals surface area contributed by atoms with Gasteiger partial charge < -0.3 is 10.6 Å². The van der Waals surface area contributed by atoms with Crippen LogP contribution in [0, 0.1) is 6.92 Å². The molecule has 0 unspecified atom stereocenters. The van der Waals surface area contributed by atoms with Crippen LogP contribution in [0.3, 0.4) is 0 Å². The summed E-state index contributed by atoms with van der Waals surface area (Å²) in [5.74, 6) is 0. The van der Waals surface area contributed by atoms with E-state index < -0.39 is 0 Å². The molecule has 1 rings (SSSR count). The predicted octanol–water partition coefficient (Wildman–Crippen LogP) is 1.76. The molecule has 0 radical (unpaired) electrons. The molecule has 2 nitrogen and oxygen atoms in total. The summed E-state index contributed by atoms with van der Waals surface area (Å²) in [6, 6.07) is 0. The third kappa shape index (κ3) is 3.89. The van der Waals surface area contributed by atoms with Crippen LogP contribution in [-0.4, -0.2) is 20.1 Å². The van der Waals surface area contributed by atoms with Crippen molar-refractivity contribution < 1.29 is 0 Å². The summed E-state index contributed by atoms with van der Waals surface area (Å²) in [6.45, 7) is 5.37. The van der Waals surface area contributed by atoms with Gasteiger partial charge in [-0.2, -0.15) is 11.3 Å². The second-order valence-corrected chi connectivity index (χ2v) is 3.96. The lowest BCUT2D eigenvalue weighted by atomic mass is 10.2. The SMILES string of the molecule is CNCCCNCc1cscc1C. The fourth-order valence-electron chi connectivity index (χ4n) is 1.18. The summed E-state index contributed by atoms with van der Waals surface area (Å²) in [4.78, 5) is 0. The van der Waals surface area contributed by atoms with Crippen molar-refractivity contribution in [3.63, 3.8) is 0 Å². The van der Waals surface area contributed by atoms with Gasteiger partial charge in [-0.05, 0) is 55.4 Å². The Kier molecular flexibility index (Phi) is 5.05. The van der Waals surface area contributed by atoms with E-state index in [-0.39, 0.29) is 0 Å². The van der Waals surface area contributed by atoms with Crippen LogP contribution in [0.5, 0.6) is 0 Å². The summed E-state index contributed by atoms with van der Waals surface area (Å²) in [7, 11) is 1.99. The summed E-state index contributed by atoms with van der Waals surface area (Å²) in [5.41, 5.74) is 2.85. The first kappa shape index (κ1) is 10.7. The Balaban J connectivity index is 2.10. The Morgan fingerprint density at radius 1 is 1.31 bits per heavy atom. The minimum atomic E-state index is 1.01. The molecular formula is C10H18N2S.